The van der Waals surface area contributed by atoms with E-state index in [4.69, 9.17) is 0 Å². The van der Waals surface area contributed by atoms with Crippen LogP contribution < -0.4 is 5.32 Å². The molecule has 0 fully saturated rings. The molecule has 0 aliphatic rings. The number of hydrogen-bond donors (Lipinski definition) is 1. The lowest BCUT2D eigenvalue weighted by atomic mass is 10.1. The van der Waals surface area contributed by atoms with Gasteiger partial charge in [0.05, 0.1) is 4.90 Å². The molecule has 21 heavy (non-hydrogen) atoms. The molecule has 2 atom stereocenters. The summed E-state index contributed by atoms with van der Waals surface area (Å²) < 4.78 is 22.9. The zero-order valence-electron chi connectivity index (χ0n) is 12.5. The Morgan fingerprint density at radius 3 is 2.33 bits per heavy atom. The molecule has 1 heterocycles. The van der Waals surface area contributed by atoms with E-state index in [1.165, 1.54) is 11.8 Å². The summed E-state index contributed by atoms with van der Waals surface area (Å²) in [7, 11) is -3.12. The van der Waals surface area contributed by atoms with Gasteiger partial charge in [0.25, 0.3) is 0 Å². The van der Waals surface area contributed by atoms with Crippen LogP contribution in [0, 0.1) is 0 Å². The number of nitrogens with one attached hydrogen (secondary N) is 1. The van der Waals surface area contributed by atoms with Crippen LogP contribution in [0.2, 0.25) is 0 Å². The van der Waals surface area contributed by atoms with Crippen molar-refractivity contribution in [2.45, 2.75) is 37.2 Å². The molecule has 1 aromatic heterocycles. The van der Waals surface area contributed by atoms with E-state index < -0.39 is 9.84 Å². The van der Waals surface area contributed by atoms with Gasteiger partial charge in [-0.15, -0.1) is 0 Å². The van der Waals surface area contributed by atoms with Crippen LogP contribution in [0.1, 0.15) is 31.0 Å². The van der Waals surface area contributed by atoms with Gasteiger partial charge in [0.2, 0.25) is 0 Å². The van der Waals surface area contributed by atoms with Crippen LogP contribution >= 0.6 is 11.3 Å². The number of hydrogen-bond acceptors (Lipinski definition) is 4. The van der Waals surface area contributed by atoms with E-state index in [2.05, 4.69) is 36.0 Å². The van der Waals surface area contributed by atoms with E-state index >= 15 is 0 Å². The van der Waals surface area contributed by atoms with Crippen molar-refractivity contribution in [3.8, 4) is 0 Å². The van der Waals surface area contributed by atoms with Crippen molar-refractivity contribution in [1.82, 2.24) is 5.32 Å². The third-order valence-electron chi connectivity index (χ3n) is 3.46. The molecule has 2 unspecified atom stereocenters. The van der Waals surface area contributed by atoms with E-state index in [9.17, 15) is 8.42 Å². The quantitative estimate of drug-likeness (QED) is 0.886. The van der Waals surface area contributed by atoms with Gasteiger partial charge in [-0.2, -0.15) is 11.3 Å². The molecule has 1 N–H and O–H groups in total. The molecule has 114 valence electrons. The van der Waals surface area contributed by atoms with E-state index in [0.29, 0.717) is 10.9 Å². The predicted molar refractivity (Wildman–Crippen MR) is 88.6 cm³/mol. The Morgan fingerprint density at radius 1 is 1.14 bits per heavy atom. The number of thiophene rings is 1. The third-order valence-corrected chi connectivity index (χ3v) is 5.33. The molecular formula is C16H21NO2S2. The lowest BCUT2D eigenvalue weighted by Gasteiger charge is -2.20. The summed E-state index contributed by atoms with van der Waals surface area (Å²) in [5.41, 5.74) is 2.44. The van der Waals surface area contributed by atoms with Gasteiger partial charge in [-0.05, 0) is 60.4 Å². The molecule has 1 aromatic carbocycles. The van der Waals surface area contributed by atoms with Crippen LogP contribution in [0.4, 0.5) is 0 Å². The summed E-state index contributed by atoms with van der Waals surface area (Å²) in [6.45, 7) is 4.26. The Bertz CT molecular complexity index is 661. The fraction of sp³-hybridized carbons (Fsp3) is 0.375. The Labute approximate surface area is 130 Å². The monoisotopic (exact) mass is 323 g/mol. The SMILES string of the molecule is CC(Cc1ccsc1)NC(C)c1ccc(S(C)(=O)=O)cc1. The van der Waals surface area contributed by atoms with Crippen molar-refractivity contribution in [3.05, 3.63) is 52.2 Å². The van der Waals surface area contributed by atoms with Crippen LogP contribution in [0.5, 0.6) is 0 Å². The van der Waals surface area contributed by atoms with Gasteiger partial charge in [0, 0.05) is 18.3 Å². The second-order valence-electron chi connectivity index (χ2n) is 5.47. The second kappa shape index (κ2) is 6.73. The van der Waals surface area contributed by atoms with Crippen molar-refractivity contribution in [2.24, 2.45) is 0 Å². The first-order valence-electron chi connectivity index (χ1n) is 6.93. The highest BCUT2D eigenvalue weighted by Crippen LogP contribution is 2.17. The van der Waals surface area contributed by atoms with Crippen LogP contribution in [-0.4, -0.2) is 20.7 Å². The molecule has 0 spiro atoms. The molecule has 0 aliphatic heterocycles. The first kappa shape index (κ1) is 16.2. The molecule has 0 aliphatic carbocycles. The van der Waals surface area contributed by atoms with E-state index in [1.54, 1.807) is 23.5 Å². The zero-order chi connectivity index (χ0) is 15.5. The first-order valence-corrected chi connectivity index (χ1v) is 9.77. The fourth-order valence-electron chi connectivity index (χ4n) is 2.35. The van der Waals surface area contributed by atoms with E-state index in [1.807, 2.05) is 12.1 Å². The van der Waals surface area contributed by atoms with Crippen molar-refractivity contribution in [2.75, 3.05) is 6.26 Å². The van der Waals surface area contributed by atoms with Crippen LogP contribution in [0.15, 0.2) is 46.0 Å². The summed E-state index contributed by atoms with van der Waals surface area (Å²) in [5, 5.41) is 7.81. The summed E-state index contributed by atoms with van der Waals surface area (Å²) >= 11 is 1.72. The van der Waals surface area contributed by atoms with Crippen LogP contribution in [0.25, 0.3) is 0 Å². The average Bonchev–Trinajstić information content (AvgIpc) is 2.90. The molecule has 2 aromatic rings. The molecule has 2 rings (SSSR count). The Hall–Kier alpha value is -1.17. The van der Waals surface area contributed by atoms with Gasteiger partial charge in [-0.1, -0.05) is 12.1 Å². The maximum Gasteiger partial charge on any atom is 0.175 e. The molecule has 5 heteroatoms. The number of sulfone groups is 1. The lowest BCUT2D eigenvalue weighted by molar-refractivity contribution is 0.477. The molecule has 3 nitrogen and oxygen atoms in total. The molecule has 0 bridgehead atoms. The maximum atomic E-state index is 11.5. The van der Waals surface area contributed by atoms with Crippen LogP contribution in [0.3, 0.4) is 0 Å². The Kier molecular flexibility index (Phi) is 5.19. The smallest absolute Gasteiger partial charge is 0.175 e. The van der Waals surface area contributed by atoms with Gasteiger partial charge in [-0.25, -0.2) is 8.42 Å². The average molecular weight is 323 g/mol. The molecule has 0 amide bonds. The van der Waals surface area contributed by atoms with Crippen molar-refractivity contribution < 1.29 is 8.42 Å². The normalized spacial score (nSPS) is 14.8. The zero-order valence-corrected chi connectivity index (χ0v) is 14.2. The minimum absolute atomic E-state index is 0.187. The van der Waals surface area contributed by atoms with E-state index in [0.717, 1.165) is 12.0 Å². The number of rotatable bonds is 6. The third kappa shape index (κ3) is 4.66. The highest BCUT2D eigenvalue weighted by atomic mass is 32.2. The minimum atomic E-state index is -3.12. The maximum absolute atomic E-state index is 11.5. The topological polar surface area (TPSA) is 46.2 Å². The highest BCUT2D eigenvalue weighted by molar-refractivity contribution is 7.90. The van der Waals surface area contributed by atoms with Gasteiger partial charge in [0.15, 0.2) is 9.84 Å². The standard InChI is InChI=1S/C16H21NO2S2/c1-12(10-14-8-9-20-11-14)17-13(2)15-4-6-16(7-5-15)21(3,18)19/h4-9,11-13,17H,10H2,1-3H3. The molecule has 0 radical (unpaired) electrons. The fourth-order valence-corrected chi connectivity index (χ4v) is 3.66. The predicted octanol–water partition coefficient (Wildman–Crippen LogP) is 3.43. The summed E-state index contributed by atoms with van der Waals surface area (Å²) in [6.07, 6.45) is 2.22. The van der Waals surface area contributed by atoms with Crippen molar-refractivity contribution in [1.29, 1.82) is 0 Å². The van der Waals surface area contributed by atoms with Crippen molar-refractivity contribution >= 4 is 21.2 Å². The summed E-state index contributed by atoms with van der Waals surface area (Å²) in [5.74, 6) is 0. The van der Waals surface area contributed by atoms with Gasteiger partial charge in [-0.3, -0.25) is 0 Å². The van der Waals surface area contributed by atoms with Gasteiger partial charge in [0.1, 0.15) is 0 Å². The summed E-state index contributed by atoms with van der Waals surface area (Å²) in [6, 6.07) is 9.81. The Balaban J connectivity index is 1.98. The largest absolute Gasteiger partial charge is 0.307 e. The van der Waals surface area contributed by atoms with Crippen LogP contribution in [-0.2, 0) is 16.3 Å². The highest BCUT2D eigenvalue weighted by Gasteiger charge is 2.12. The van der Waals surface area contributed by atoms with Gasteiger partial charge >= 0.3 is 0 Å². The van der Waals surface area contributed by atoms with E-state index in [-0.39, 0.29) is 6.04 Å². The summed E-state index contributed by atoms with van der Waals surface area (Å²) in [4.78, 5) is 0.366. The lowest BCUT2D eigenvalue weighted by Crippen LogP contribution is -2.30. The molecular weight excluding hydrogens is 302 g/mol. The second-order valence-corrected chi connectivity index (χ2v) is 8.26. The van der Waals surface area contributed by atoms with Crippen molar-refractivity contribution in [3.63, 3.8) is 0 Å². The van der Waals surface area contributed by atoms with Gasteiger partial charge < -0.3 is 5.32 Å². The molecule has 0 saturated heterocycles. The molecule has 0 saturated carbocycles. The minimum Gasteiger partial charge on any atom is -0.307 e. The first-order chi connectivity index (χ1) is 9.86. The number of benzene rings is 1. The Morgan fingerprint density at radius 2 is 1.81 bits per heavy atom.